The van der Waals surface area contributed by atoms with Crippen LogP contribution in [0.5, 0.6) is 0 Å². The van der Waals surface area contributed by atoms with Gasteiger partial charge in [0.2, 0.25) is 0 Å². The Morgan fingerprint density at radius 1 is 1.14 bits per heavy atom. The summed E-state index contributed by atoms with van der Waals surface area (Å²) in [4.78, 5) is 21.1. The topological polar surface area (TPSA) is 57.8 Å². The minimum atomic E-state index is 0.0953. The van der Waals surface area contributed by atoms with Crippen LogP contribution in [0.15, 0.2) is 36.5 Å². The van der Waals surface area contributed by atoms with Crippen LogP contribution in [-0.4, -0.2) is 22.4 Å². The van der Waals surface area contributed by atoms with Crippen molar-refractivity contribution in [3.8, 4) is 22.5 Å². The molecule has 1 aromatic carbocycles. The summed E-state index contributed by atoms with van der Waals surface area (Å²) in [6.45, 7) is 2.94. The van der Waals surface area contributed by atoms with E-state index in [1.807, 2.05) is 6.20 Å². The SMILES string of the molecule is CCc1ccc(-c2cc3c(cn2)CCc2c-3[nH]c3c2C(=O)NCC32CC2)cc1. The van der Waals surface area contributed by atoms with E-state index in [1.165, 1.54) is 27.9 Å². The molecule has 0 bridgehead atoms. The molecular weight excluding hydrogens is 346 g/mol. The molecule has 28 heavy (non-hydrogen) atoms. The van der Waals surface area contributed by atoms with Crippen LogP contribution in [0, 0.1) is 0 Å². The maximum Gasteiger partial charge on any atom is 0.253 e. The highest BCUT2D eigenvalue weighted by atomic mass is 16.1. The number of aromatic amines is 1. The highest BCUT2D eigenvalue weighted by Gasteiger charge is 2.51. The molecule has 1 saturated carbocycles. The molecule has 1 spiro atoms. The molecule has 0 atom stereocenters. The number of fused-ring (bicyclic) bond motifs is 6. The van der Waals surface area contributed by atoms with Gasteiger partial charge in [-0.25, -0.2) is 0 Å². The molecule has 6 rings (SSSR count). The van der Waals surface area contributed by atoms with E-state index in [0.29, 0.717) is 0 Å². The Hall–Kier alpha value is -2.88. The summed E-state index contributed by atoms with van der Waals surface area (Å²) in [6, 6.07) is 10.9. The Balaban J connectivity index is 1.50. The zero-order valence-corrected chi connectivity index (χ0v) is 16.1. The number of nitrogens with one attached hydrogen (secondary N) is 2. The van der Waals surface area contributed by atoms with Crippen molar-refractivity contribution in [3.05, 3.63) is 64.5 Å². The highest BCUT2D eigenvalue weighted by molar-refractivity contribution is 6.01. The summed E-state index contributed by atoms with van der Waals surface area (Å²) in [5.41, 5.74) is 10.6. The van der Waals surface area contributed by atoms with Crippen LogP contribution in [0.2, 0.25) is 0 Å². The van der Waals surface area contributed by atoms with Gasteiger partial charge in [-0.1, -0.05) is 31.2 Å². The summed E-state index contributed by atoms with van der Waals surface area (Å²) in [7, 11) is 0. The lowest BCUT2D eigenvalue weighted by Crippen LogP contribution is -2.39. The van der Waals surface area contributed by atoms with Gasteiger partial charge in [-0.2, -0.15) is 0 Å². The van der Waals surface area contributed by atoms with Crippen molar-refractivity contribution in [3.63, 3.8) is 0 Å². The van der Waals surface area contributed by atoms with Crippen molar-refractivity contribution >= 4 is 5.91 Å². The molecule has 2 aliphatic carbocycles. The number of pyridine rings is 1. The quantitative estimate of drug-likeness (QED) is 0.712. The van der Waals surface area contributed by atoms with Crippen molar-refractivity contribution in [2.24, 2.45) is 0 Å². The van der Waals surface area contributed by atoms with Crippen molar-refractivity contribution in [1.29, 1.82) is 0 Å². The summed E-state index contributed by atoms with van der Waals surface area (Å²) >= 11 is 0. The first kappa shape index (κ1) is 16.1. The van der Waals surface area contributed by atoms with Crippen LogP contribution in [0.25, 0.3) is 22.5 Å². The monoisotopic (exact) mass is 369 g/mol. The normalized spacial score (nSPS) is 18.2. The van der Waals surface area contributed by atoms with Gasteiger partial charge < -0.3 is 10.3 Å². The smallest absolute Gasteiger partial charge is 0.253 e. The lowest BCUT2D eigenvalue weighted by Gasteiger charge is -2.23. The molecule has 4 heteroatoms. The van der Waals surface area contributed by atoms with Gasteiger partial charge in [0, 0.05) is 35.0 Å². The summed E-state index contributed by atoms with van der Waals surface area (Å²) in [6.07, 6.45) is 7.24. The van der Waals surface area contributed by atoms with E-state index < -0.39 is 0 Å². The molecule has 3 aromatic rings. The van der Waals surface area contributed by atoms with Crippen molar-refractivity contribution in [2.75, 3.05) is 6.54 Å². The molecular formula is C24H23N3O. The van der Waals surface area contributed by atoms with E-state index in [2.05, 4.69) is 47.6 Å². The molecule has 1 fully saturated rings. The fourth-order valence-corrected chi connectivity index (χ4v) is 4.92. The van der Waals surface area contributed by atoms with Crippen molar-refractivity contribution < 1.29 is 4.79 Å². The Bertz CT molecular complexity index is 1120. The molecule has 0 saturated heterocycles. The van der Waals surface area contributed by atoms with Gasteiger partial charge in [0.15, 0.2) is 0 Å². The molecule has 1 amide bonds. The Kier molecular flexibility index (Phi) is 3.20. The molecule has 140 valence electrons. The standard InChI is InChI=1S/C24H23N3O/c1-2-14-3-5-15(6-4-14)19-11-18-16(12-25-19)7-8-17-20-22(27-21(17)18)24(9-10-24)13-26-23(20)28/h3-6,11-12,27H,2,7-10,13H2,1H3,(H,26,28). The van der Waals surface area contributed by atoms with Crippen LogP contribution in [0.4, 0.5) is 0 Å². The number of amides is 1. The Morgan fingerprint density at radius 2 is 1.96 bits per heavy atom. The lowest BCUT2D eigenvalue weighted by molar-refractivity contribution is 0.0936. The Labute approximate surface area is 164 Å². The van der Waals surface area contributed by atoms with Crippen LogP contribution in [0.3, 0.4) is 0 Å². The van der Waals surface area contributed by atoms with Crippen LogP contribution in [-0.2, 0) is 24.7 Å². The first-order valence-electron chi connectivity index (χ1n) is 10.3. The van der Waals surface area contributed by atoms with Crippen LogP contribution >= 0.6 is 0 Å². The maximum atomic E-state index is 12.7. The molecule has 3 aliphatic rings. The third-order valence-corrected chi connectivity index (χ3v) is 6.86. The molecule has 2 aromatic heterocycles. The Morgan fingerprint density at radius 3 is 2.71 bits per heavy atom. The fourth-order valence-electron chi connectivity index (χ4n) is 4.92. The summed E-state index contributed by atoms with van der Waals surface area (Å²) in [5, 5.41) is 3.13. The second kappa shape index (κ2) is 5.57. The van der Waals surface area contributed by atoms with Gasteiger partial charge in [-0.3, -0.25) is 9.78 Å². The number of rotatable bonds is 2. The second-order valence-corrected chi connectivity index (χ2v) is 8.47. The van der Waals surface area contributed by atoms with Gasteiger partial charge >= 0.3 is 0 Å². The zero-order valence-electron chi connectivity index (χ0n) is 16.1. The lowest BCUT2D eigenvalue weighted by atomic mass is 9.86. The summed E-state index contributed by atoms with van der Waals surface area (Å²) in [5.74, 6) is 0.0953. The molecule has 2 N–H and O–H groups in total. The van der Waals surface area contributed by atoms with Crippen molar-refractivity contribution in [1.82, 2.24) is 15.3 Å². The number of H-pyrrole nitrogens is 1. The molecule has 1 aliphatic heterocycles. The minimum Gasteiger partial charge on any atom is -0.357 e. The predicted octanol–water partition coefficient (Wildman–Crippen LogP) is 4.18. The van der Waals surface area contributed by atoms with Gasteiger partial charge in [-0.05, 0) is 54.9 Å². The third-order valence-electron chi connectivity index (χ3n) is 6.86. The molecule has 4 nitrogen and oxygen atoms in total. The second-order valence-electron chi connectivity index (χ2n) is 8.47. The zero-order chi connectivity index (χ0) is 18.9. The van der Waals surface area contributed by atoms with Gasteiger partial charge in [0.1, 0.15) is 0 Å². The number of hydrogen-bond donors (Lipinski definition) is 2. The minimum absolute atomic E-state index is 0.0953. The summed E-state index contributed by atoms with van der Waals surface area (Å²) < 4.78 is 0. The van der Waals surface area contributed by atoms with Gasteiger partial charge in [-0.15, -0.1) is 0 Å². The van der Waals surface area contributed by atoms with E-state index in [4.69, 9.17) is 4.98 Å². The number of aromatic nitrogens is 2. The fraction of sp³-hybridized carbons (Fsp3) is 0.333. The average Bonchev–Trinajstić information content (AvgIpc) is 3.40. The molecule has 0 radical (unpaired) electrons. The number of nitrogens with zero attached hydrogens (tertiary/aromatic N) is 1. The van der Waals surface area contributed by atoms with E-state index in [1.54, 1.807) is 0 Å². The first-order chi connectivity index (χ1) is 13.7. The number of carbonyl (C=O) groups excluding carboxylic acids is 1. The first-order valence-corrected chi connectivity index (χ1v) is 10.3. The molecule has 3 heterocycles. The largest absolute Gasteiger partial charge is 0.357 e. The van der Waals surface area contributed by atoms with Crippen molar-refractivity contribution in [2.45, 2.75) is 44.4 Å². The van der Waals surface area contributed by atoms with Gasteiger partial charge in [0.05, 0.1) is 17.0 Å². The van der Waals surface area contributed by atoms with E-state index in [0.717, 1.165) is 61.2 Å². The van der Waals surface area contributed by atoms with Crippen LogP contribution < -0.4 is 5.32 Å². The van der Waals surface area contributed by atoms with Gasteiger partial charge in [0.25, 0.3) is 5.91 Å². The number of hydrogen-bond acceptors (Lipinski definition) is 2. The number of aryl methyl sites for hydroxylation is 2. The molecule has 0 unspecified atom stereocenters. The third kappa shape index (κ3) is 2.17. The number of benzene rings is 1. The number of carbonyl (C=O) groups is 1. The van der Waals surface area contributed by atoms with E-state index in [-0.39, 0.29) is 11.3 Å². The average molecular weight is 369 g/mol. The van der Waals surface area contributed by atoms with E-state index >= 15 is 0 Å². The highest BCUT2D eigenvalue weighted by Crippen LogP contribution is 2.52. The maximum absolute atomic E-state index is 12.7. The van der Waals surface area contributed by atoms with Crippen LogP contribution in [0.1, 0.15) is 52.5 Å². The predicted molar refractivity (Wildman–Crippen MR) is 109 cm³/mol. The van der Waals surface area contributed by atoms with E-state index in [9.17, 15) is 4.79 Å².